The highest BCUT2D eigenvalue weighted by Gasteiger charge is 2.34. The van der Waals surface area contributed by atoms with Crippen LogP contribution in [0.3, 0.4) is 0 Å². The highest BCUT2D eigenvalue weighted by atomic mass is 32.2. The predicted molar refractivity (Wildman–Crippen MR) is 113 cm³/mol. The molecule has 1 N–H and O–H groups in total. The first-order valence-electron chi connectivity index (χ1n) is 9.14. The van der Waals surface area contributed by atoms with Crippen LogP contribution in [0.4, 0.5) is 5.13 Å². The predicted octanol–water partition coefficient (Wildman–Crippen LogP) is 2.07. The molecule has 30 heavy (non-hydrogen) atoms. The molecule has 0 radical (unpaired) electrons. The molecule has 1 aromatic heterocycles. The van der Waals surface area contributed by atoms with Crippen LogP contribution in [0.2, 0.25) is 0 Å². The number of anilines is 1. The fourth-order valence-electron chi connectivity index (χ4n) is 3.18. The molecular weight excluding hydrogens is 426 g/mol. The lowest BCUT2D eigenvalue weighted by Gasteiger charge is -2.34. The molecule has 1 aliphatic heterocycles. The fraction of sp³-hybridized carbons (Fsp3) is 0.250. The summed E-state index contributed by atoms with van der Waals surface area (Å²) in [6.45, 7) is 0.332. The van der Waals surface area contributed by atoms with E-state index in [0.29, 0.717) is 21.9 Å². The minimum atomic E-state index is -3.34. The topological polar surface area (TPSA) is 106 Å². The number of hydrogen-bond donors (Lipinski definition) is 1. The molecule has 8 nitrogen and oxygen atoms in total. The van der Waals surface area contributed by atoms with E-state index in [1.807, 2.05) is 30.3 Å². The van der Waals surface area contributed by atoms with Crippen molar-refractivity contribution in [2.45, 2.75) is 17.5 Å². The minimum Gasteiger partial charge on any atom is -0.369 e. The van der Waals surface area contributed by atoms with E-state index in [-0.39, 0.29) is 24.0 Å². The summed E-state index contributed by atoms with van der Waals surface area (Å²) in [5, 5.41) is 3.07. The van der Waals surface area contributed by atoms with Crippen LogP contribution >= 0.6 is 11.3 Å². The Morgan fingerprint density at radius 2 is 2.03 bits per heavy atom. The van der Waals surface area contributed by atoms with E-state index in [9.17, 15) is 18.0 Å². The van der Waals surface area contributed by atoms with Gasteiger partial charge in [0.05, 0.1) is 21.7 Å². The van der Waals surface area contributed by atoms with Crippen molar-refractivity contribution < 1.29 is 22.7 Å². The van der Waals surface area contributed by atoms with Crippen LogP contribution in [-0.4, -0.2) is 55.6 Å². The number of sulfone groups is 1. The molecule has 0 saturated carbocycles. The van der Waals surface area contributed by atoms with Crippen LogP contribution in [0.25, 0.3) is 10.2 Å². The lowest BCUT2D eigenvalue weighted by atomic mass is 10.1. The molecule has 0 spiro atoms. The molecule has 3 aromatic rings. The first-order valence-corrected chi connectivity index (χ1v) is 11.8. The van der Waals surface area contributed by atoms with Crippen molar-refractivity contribution >= 4 is 48.3 Å². The quantitative estimate of drug-likeness (QED) is 0.645. The van der Waals surface area contributed by atoms with Crippen LogP contribution < -0.4 is 5.32 Å². The zero-order chi connectivity index (χ0) is 21.3. The van der Waals surface area contributed by atoms with Gasteiger partial charge in [-0.05, 0) is 23.8 Å². The second kappa shape index (κ2) is 8.13. The van der Waals surface area contributed by atoms with Gasteiger partial charge in [0.25, 0.3) is 5.91 Å². The number of thiazole rings is 1. The second-order valence-corrected chi connectivity index (χ2v) is 9.99. The third-order valence-corrected chi connectivity index (χ3v) is 6.76. The Morgan fingerprint density at radius 1 is 1.27 bits per heavy atom. The van der Waals surface area contributed by atoms with Gasteiger partial charge in [0, 0.05) is 12.8 Å². The molecule has 1 saturated heterocycles. The standard InChI is InChI=1S/C20H19N3O5S2/c1-30(26,27)14-7-8-15-17(9-14)29-20(21-15)22-19(25)16-11-28-12-18(24)23(16)10-13-5-3-2-4-6-13/h2-9,16H,10-12H2,1H3,(H,21,22,25)/t16-/m0/s1. The smallest absolute Gasteiger partial charge is 0.251 e. The summed E-state index contributed by atoms with van der Waals surface area (Å²) in [6.07, 6.45) is 1.14. The van der Waals surface area contributed by atoms with Gasteiger partial charge in [-0.15, -0.1) is 0 Å². The van der Waals surface area contributed by atoms with Gasteiger partial charge in [0.2, 0.25) is 5.91 Å². The van der Waals surface area contributed by atoms with Crippen LogP contribution in [0.1, 0.15) is 5.56 Å². The van der Waals surface area contributed by atoms with Gasteiger partial charge in [-0.3, -0.25) is 9.59 Å². The van der Waals surface area contributed by atoms with Gasteiger partial charge in [0.15, 0.2) is 15.0 Å². The largest absolute Gasteiger partial charge is 0.369 e. The summed E-state index contributed by atoms with van der Waals surface area (Å²) in [7, 11) is -3.34. The van der Waals surface area contributed by atoms with Gasteiger partial charge in [-0.1, -0.05) is 41.7 Å². The Balaban J connectivity index is 1.54. The Kier molecular flexibility index (Phi) is 5.54. The minimum absolute atomic E-state index is 0.0635. The summed E-state index contributed by atoms with van der Waals surface area (Å²) < 4.78 is 29.4. The number of nitrogens with one attached hydrogen (secondary N) is 1. The number of ether oxygens (including phenoxy) is 1. The molecule has 10 heteroatoms. The lowest BCUT2D eigenvalue weighted by molar-refractivity contribution is -0.154. The van der Waals surface area contributed by atoms with E-state index in [1.165, 1.54) is 28.4 Å². The number of hydrogen-bond acceptors (Lipinski definition) is 7. The summed E-state index contributed by atoms with van der Waals surface area (Å²) in [6, 6.07) is 13.3. The third-order valence-electron chi connectivity index (χ3n) is 4.71. The third kappa shape index (κ3) is 4.35. The highest BCUT2D eigenvalue weighted by molar-refractivity contribution is 7.90. The number of benzene rings is 2. The molecular formula is C20H19N3O5S2. The molecule has 2 amide bonds. The maximum atomic E-state index is 12.9. The first kappa shape index (κ1) is 20.5. The van der Waals surface area contributed by atoms with E-state index in [2.05, 4.69) is 10.3 Å². The monoisotopic (exact) mass is 445 g/mol. The fourth-order valence-corrected chi connectivity index (χ4v) is 4.81. The summed E-state index contributed by atoms with van der Waals surface area (Å²) in [4.78, 5) is 31.3. The van der Waals surface area contributed by atoms with E-state index in [0.717, 1.165) is 11.8 Å². The number of fused-ring (bicyclic) bond motifs is 1. The van der Waals surface area contributed by atoms with Crippen LogP contribution in [0.15, 0.2) is 53.4 Å². The van der Waals surface area contributed by atoms with Crippen molar-refractivity contribution in [2.24, 2.45) is 0 Å². The molecule has 1 aliphatic rings. The maximum absolute atomic E-state index is 12.9. The summed E-state index contributed by atoms with van der Waals surface area (Å²) in [5.74, 6) is -0.659. The van der Waals surface area contributed by atoms with E-state index < -0.39 is 21.8 Å². The number of morpholine rings is 1. The zero-order valence-electron chi connectivity index (χ0n) is 16.1. The average Bonchev–Trinajstić information content (AvgIpc) is 3.11. The Labute approximate surface area is 177 Å². The number of rotatable bonds is 5. The molecule has 1 atom stereocenters. The van der Waals surface area contributed by atoms with Crippen molar-refractivity contribution in [3.8, 4) is 0 Å². The van der Waals surface area contributed by atoms with Crippen LogP contribution in [0.5, 0.6) is 0 Å². The number of aromatic nitrogens is 1. The Morgan fingerprint density at radius 3 is 2.77 bits per heavy atom. The van der Waals surface area contributed by atoms with Gasteiger partial charge < -0.3 is 15.0 Å². The molecule has 156 valence electrons. The lowest BCUT2D eigenvalue weighted by Crippen LogP contribution is -2.54. The number of carbonyl (C=O) groups excluding carboxylic acids is 2. The van der Waals surface area contributed by atoms with Crippen molar-refractivity contribution in [1.82, 2.24) is 9.88 Å². The van der Waals surface area contributed by atoms with Gasteiger partial charge >= 0.3 is 0 Å². The summed E-state index contributed by atoms with van der Waals surface area (Å²) in [5.41, 5.74) is 1.50. The van der Waals surface area contributed by atoms with E-state index in [1.54, 1.807) is 6.07 Å². The second-order valence-electron chi connectivity index (χ2n) is 6.95. The SMILES string of the molecule is CS(=O)(=O)c1ccc2nc(NC(=O)[C@@H]3COCC(=O)N3Cc3ccccc3)sc2c1. The molecule has 0 unspecified atom stereocenters. The number of nitrogens with zero attached hydrogens (tertiary/aromatic N) is 2. The maximum Gasteiger partial charge on any atom is 0.251 e. The molecule has 2 aromatic carbocycles. The van der Waals surface area contributed by atoms with Gasteiger partial charge in [0.1, 0.15) is 12.6 Å². The van der Waals surface area contributed by atoms with Gasteiger partial charge in [-0.25, -0.2) is 13.4 Å². The molecule has 2 heterocycles. The summed E-state index contributed by atoms with van der Waals surface area (Å²) >= 11 is 1.17. The zero-order valence-corrected chi connectivity index (χ0v) is 17.7. The molecule has 4 rings (SSSR count). The van der Waals surface area contributed by atoms with Crippen LogP contribution in [0, 0.1) is 0 Å². The van der Waals surface area contributed by atoms with Crippen LogP contribution in [-0.2, 0) is 30.7 Å². The molecule has 1 fully saturated rings. The average molecular weight is 446 g/mol. The molecule has 0 aliphatic carbocycles. The van der Waals surface area contributed by atoms with Gasteiger partial charge in [-0.2, -0.15) is 0 Å². The highest BCUT2D eigenvalue weighted by Crippen LogP contribution is 2.28. The molecule has 0 bridgehead atoms. The number of carbonyl (C=O) groups is 2. The van der Waals surface area contributed by atoms with E-state index in [4.69, 9.17) is 4.74 Å². The van der Waals surface area contributed by atoms with Crippen molar-refractivity contribution in [1.29, 1.82) is 0 Å². The first-order chi connectivity index (χ1) is 14.3. The normalized spacial score (nSPS) is 17.3. The number of amides is 2. The Bertz CT molecular complexity index is 1210. The van der Waals surface area contributed by atoms with E-state index >= 15 is 0 Å². The Hall–Kier alpha value is -2.82. The van der Waals surface area contributed by atoms with Crippen molar-refractivity contribution in [2.75, 3.05) is 24.8 Å². The van der Waals surface area contributed by atoms with Crippen molar-refractivity contribution in [3.63, 3.8) is 0 Å². The van der Waals surface area contributed by atoms with Crippen molar-refractivity contribution in [3.05, 3.63) is 54.1 Å².